The average Bonchev–Trinajstić information content (AvgIpc) is 3.35. The summed E-state index contributed by atoms with van der Waals surface area (Å²) < 4.78 is 5.29. The third-order valence-electron chi connectivity index (χ3n) is 5.60. The highest BCUT2D eigenvalue weighted by atomic mass is 32.1. The van der Waals surface area contributed by atoms with Gasteiger partial charge in [-0.05, 0) is 30.2 Å². The number of piperidine rings is 1. The molecule has 0 spiro atoms. The summed E-state index contributed by atoms with van der Waals surface area (Å²) in [5.41, 5.74) is 0. The van der Waals surface area contributed by atoms with Gasteiger partial charge in [-0.1, -0.05) is 26.3 Å². The molecule has 1 N–H and O–H groups in total. The Kier molecular flexibility index (Phi) is 6.36. The van der Waals surface area contributed by atoms with E-state index in [1.54, 1.807) is 11.0 Å². The van der Waals surface area contributed by atoms with Gasteiger partial charge < -0.3 is 15.0 Å². The lowest BCUT2D eigenvalue weighted by molar-refractivity contribution is -0.131. The van der Waals surface area contributed by atoms with Gasteiger partial charge in [0.2, 0.25) is 5.91 Å². The van der Waals surface area contributed by atoms with Crippen LogP contribution in [0.25, 0.3) is 0 Å². The zero-order valence-corrected chi connectivity index (χ0v) is 16.7. The second-order valence-corrected chi connectivity index (χ2v) is 8.16. The topological polar surface area (TPSA) is 79.0 Å². The fourth-order valence-corrected chi connectivity index (χ4v) is 4.37. The number of carbonyl (C=O) groups is 3. The minimum Gasteiger partial charge on any atom is -0.447 e. The third-order valence-corrected chi connectivity index (χ3v) is 6.47. The molecular formula is C19H27N3O4S. The van der Waals surface area contributed by atoms with Crippen molar-refractivity contribution < 1.29 is 19.1 Å². The van der Waals surface area contributed by atoms with Gasteiger partial charge in [0.15, 0.2) is 0 Å². The maximum atomic E-state index is 12.4. The number of nitrogens with one attached hydrogen (secondary N) is 1. The van der Waals surface area contributed by atoms with Crippen molar-refractivity contribution in [3.63, 3.8) is 0 Å². The number of carbonyl (C=O) groups excluding carboxylic acids is 3. The molecule has 1 aromatic heterocycles. The van der Waals surface area contributed by atoms with Gasteiger partial charge in [0.1, 0.15) is 6.61 Å². The first kappa shape index (κ1) is 19.7. The van der Waals surface area contributed by atoms with Crippen LogP contribution in [0.4, 0.5) is 4.79 Å². The van der Waals surface area contributed by atoms with E-state index in [9.17, 15) is 14.4 Å². The highest BCUT2D eigenvalue weighted by molar-refractivity contribution is 7.12. The van der Waals surface area contributed by atoms with E-state index in [1.807, 2.05) is 16.3 Å². The summed E-state index contributed by atoms with van der Waals surface area (Å²) in [7, 11) is 0. The Balaban J connectivity index is 1.48. The number of rotatable bonds is 6. The Morgan fingerprint density at radius 1 is 1.37 bits per heavy atom. The standard InChI is InChI=1S/C19H27N3O4S/c1-3-13(2)15-12-26-19(25)22(15)14-6-8-21(9-7-14)17(23)11-20-18(24)16-5-4-10-27-16/h4-5,10,13-15H,3,6-9,11-12H2,1-2H3,(H,20,24). The van der Waals surface area contributed by atoms with Crippen molar-refractivity contribution in [1.29, 1.82) is 0 Å². The van der Waals surface area contributed by atoms with E-state index in [4.69, 9.17) is 4.74 Å². The predicted octanol–water partition coefficient (Wildman–Crippen LogP) is 2.34. The van der Waals surface area contributed by atoms with Gasteiger partial charge in [-0.3, -0.25) is 14.5 Å². The van der Waals surface area contributed by atoms with Gasteiger partial charge in [-0.25, -0.2) is 4.79 Å². The van der Waals surface area contributed by atoms with Crippen LogP contribution in [0.3, 0.4) is 0 Å². The molecule has 0 bridgehead atoms. The van der Waals surface area contributed by atoms with Crippen LogP contribution in [0.5, 0.6) is 0 Å². The average molecular weight is 394 g/mol. The van der Waals surface area contributed by atoms with Crippen molar-refractivity contribution in [3.8, 4) is 0 Å². The van der Waals surface area contributed by atoms with Crippen molar-refractivity contribution in [2.24, 2.45) is 5.92 Å². The molecule has 8 heteroatoms. The molecule has 2 aliphatic rings. The Morgan fingerprint density at radius 2 is 2.11 bits per heavy atom. The molecular weight excluding hydrogens is 366 g/mol. The smallest absolute Gasteiger partial charge is 0.410 e. The van der Waals surface area contributed by atoms with Crippen LogP contribution in [-0.4, -0.2) is 66.0 Å². The van der Waals surface area contributed by atoms with Crippen molar-refractivity contribution in [2.75, 3.05) is 26.2 Å². The quantitative estimate of drug-likeness (QED) is 0.805. The van der Waals surface area contributed by atoms with Crippen LogP contribution in [0, 0.1) is 5.92 Å². The molecule has 2 unspecified atom stereocenters. The Labute approximate surface area is 163 Å². The van der Waals surface area contributed by atoms with E-state index in [2.05, 4.69) is 19.2 Å². The zero-order valence-electron chi connectivity index (χ0n) is 15.8. The molecule has 0 radical (unpaired) electrons. The number of thiophene rings is 1. The molecule has 0 saturated carbocycles. The van der Waals surface area contributed by atoms with Crippen LogP contribution < -0.4 is 5.32 Å². The summed E-state index contributed by atoms with van der Waals surface area (Å²) in [6.45, 7) is 5.92. The summed E-state index contributed by atoms with van der Waals surface area (Å²) >= 11 is 1.35. The minimum absolute atomic E-state index is 0.00263. The first-order chi connectivity index (χ1) is 13.0. The van der Waals surface area contributed by atoms with Crippen LogP contribution >= 0.6 is 11.3 Å². The second-order valence-electron chi connectivity index (χ2n) is 7.21. The number of hydrogen-bond donors (Lipinski definition) is 1. The highest BCUT2D eigenvalue weighted by Gasteiger charge is 2.41. The van der Waals surface area contributed by atoms with E-state index in [-0.39, 0.29) is 36.5 Å². The SMILES string of the molecule is CCC(C)C1COC(=O)N1C1CCN(C(=O)CNC(=O)c2cccs2)CC1. The van der Waals surface area contributed by atoms with E-state index >= 15 is 0 Å². The van der Waals surface area contributed by atoms with Crippen LogP contribution in [0.15, 0.2) is 17.5 Å². The molecule has 2 aliphatic heterocycles. The lowest BCUT2D eigenvalue weighted by atomic mass is 9.95. The van der Waals surface area contributed by atoms with Gasteiger partial charge >= 0.3 is 6.09 Å². The van der Waals surface area contributed by atoms with Gasteiger partial charge in [-0.15, -0.1) is 11.3 Å². The zero-order chi connectivity index (χ0) is 19.4. The Morgan fingerprint density at radius 3 is 2.74 bits per heavy atom. The monoisotopic (exact) mass is 393 g/mol. The lowest BCUT2D eigenvalue weighted by Gasteiger charge is -2.39. The van der Waals surface area contributed by atoms with Gasteiger partial charge in [-0.2, -0.15) is 0 Å². The number of likely N-dealkylation sites (tertiary alicyclic amines) is 1. The fourth-order valence-electron chi connectivity index (χ4n) is 3.73. The largest absolute Gasteiger partial charge is 0.447 e. The van der Waals surface area contributed by atoms with Crippen LogP contribution in [-0.2, 0) is 9.53 Å². The lowest BCUT2D eigenvalue weighted by Crippen LogP contribution is -2.52. The minimum atomic E-state index is -0.228. The van der Waals surface area contributed by atoms with E-state index in [1.165, 1.54) is 11.3 Å². The Bertz CT molecular complexity index is 671. The summed E-state index contributed by atoms with van der Waals surface area (Å²) in [4.78, 5) is 40.8. The van der Waals surface area contributed by atoms with Crippen LogP contribution in [0.2, 0.25) is 0 Å². The van der Waals surface area contributed by atoms with E-state index in [0.29, 0.717) is 30.5 Å². The third kappa shape index (κ3) is 4.43. The number of hydrogen-bond acceptors (Lipinski definition) is 5. The maximum Gasteiger partial charge on any atom is 0.410 e. The molecule has 3 heterocycles. The molecule has 148 valence electrons. The summed E-state index contributed by atoms with van der Waals surface area (Å²) in [6.07, 6.45) is 2.26. The molecule has 2 saturated heterocycles. The van der Waals surface area contributed by atoms with Gasteiger partial charge in [0, 0.05) is 19.1 Å². The Hall–Kier alpha value is -2.09. The predicted molar refractivity (Wildman–Crippen MR) is 103 cm³/mol. The van der Waals surface area contributed by atoms with Crippen LogP contribution in [0.1, 0.15) is 42.8 Å². The van der Waals surface area contributed by atoms with Crippen molar-refractivity contribution in [2.45, 2.75) is 45.2 Å². The molecule has 0 aromatic carbocycles. The molecule has 0 aliphatic carbocycles. The molecule has 2 atom stereocenters. The maximum absolute atomic E-state index is 12.4. The molecule has 3 rings (SSSR count). The normalized spacial score (nSPS) is 21.9. The molecule has 7 nitrogen and oxygen atoms in total. The van der Waals surface area contributed by atoms with Gasteiger partial charge in [0.05, 0.1) is 17.5 Å². The second kappa shape index (κ2) is 8.73. The van der Waals surface area contributed by atoms with Crippen molar-refractivity contribution >= 4 is 29.2 Å². The summed E-state index contributed by atoms with van der Waals surface area (Å²) in [5, 5.41) is 4.51. The molecule has 2 fully saturated rings. The van der Waals surface area contributed by atoms with E-state index in [0.717, 1.165) is 19.3 Å². The number of ether oxygens (including phenoxy) is 1. The fraction of sp³-hybridized carbons (Fsp3) is 0.632. The molecule has 27 heavy (non-hydrogen) atoms. The number of amides is 3. The van der Waals surface area contributed by atoms with E-state index < -0.39 is 0 Å². The molecule has 3 amide bonds. The molecule has 1 aromatic rings. The number of nitrogens with zero attached hydrogens (tertiary/aromatic N) is 2. The first-order valence-electron chi connectivity index (χ1n) is 9.55. The van der Waals surface area contributed by atoms with Crippen molar-refractivity contribution in [1.82, 2.24) is 15.1 Å². The first-order valence-corrected chi connectivity index (χ1v) is 10.4. The van der Waals surface area contributed by atoms with Gasteiger partial charge in [0.25, 0.3) is 5.91 Å². The highest BCUT2D eigenvalue weighted by Crippen LogP contribution is 2.28. The van der Waals surface area contributed by atoms with Crippen molar-refractivity contribution in [3.05, 3.63) is 22.4 Å². The number of cyclic esters (lactones) is 1. The summed E-state index contributed by atoms with van der Waals surface area (Å²) in [6, 6.07) is 3.78. The summed E-state index contributed by atoms with van der Waals surface area (Å²) in [5.74, 6) is 0.0915.